The number of aliphatic carboxylic acids is 1. The third kappa shape index (κ3) is 7.43. The summed E-state index contributed by atoms with van der Waals surface area (Å²) in [5.41, 5.74) is -0.727. The van der Waals surface area contributed by atoms with Crippen LogP contribution in [0.4, 0.5) is 0 Å². The highest BCUT2D eigenvalue weighted by Crippen LogP contribution is 2.11. The van der Waals surface area contributed by atoms with Gasteiger partial charge in [0.25, 0.3) is 0 Å². The molecule has 0 saturated heterocycles. The Hall–Kier alpha value is -0.570. The lowest BCUT2D eigenvalue weighted by Gasteiger charge is -2.15. The van der Waals surface area contributed by atoms with Crippen molar-refractivity contribution in [3.63, 3.8) is 0 Å². The van der Waals surface area contributed by atoms with Gasteiger partial charge in [-0.3, -0.25) is 4.79 Å². The van der Waals surface area contributed by atoms with Crippen molar-refractivity contribution in [3.05, 3.63) is 0 Å². The molecule has 3 nitrogen and oxygen atoms in total. The van der Waals surface area contributed by atoms with E-state index in [-0.39, 0.29) is 6.42 Å². The van der Waals surface area contributed by atoms with Crippen LogP contribution in [0.25, 0.3) is 0 Å². The molecule has 0 saturated carbocycles. The van der Waals surface area contributed by atoms with Gasteiger partial charge in [0.15, 0.2) is 0 Å². The van der Waals surface area contributed by atoms with Crippen LogP contribution in [0.15, 0.2) is 0 Å². The van der Waals surface area contributed by atoms with Gasteiger partial charge in [-0.05, 0) is 26.7 Å². The van der Waals surface area contributed by atoms with Crippen molar-refractivity contribution in [1.82, 2.24) is 0 Å². The van der Waals surface area contributed by atoms with E-state index < -0.39 is 11.6 Å². The summed E-state index contributed by atoms with van der Waals surface area (Å²) in [6, 6.07) is 0. The van der Waals surface area contributed by atoms with Crippen LogP contribution in [0.1, 0.15) is 33.1 Å². The Labute approximate surface area is 60.7 Å². The van der Waals surface area contributed by atoms with Crippen molar-refractivity contribution < 1.29 is 15.0 Å². The predicted molar refractivity (Wildman–Crippen MR) is 37.8 cm³/mol. The maximum atomic E-state index is 10.0. The molecule has 10 heavy (non-hydrogen) atoms. The Bertz CT molecular complexity index is 113. The van der Waals surface area contributed by atoms with Crippen molar-refractivity contribution in [1.29, 1.82) is 0 Å². The normalized spacial score (nSPS) is 11.5. The molecule has 0 aromatic rings. The first-order valence-corrected chi connectivity index (χ1v) is 3.36. The van der Waals surface area contributed by atoms with Crippen LogP contribution in [-0.2, 0) is 4.79 Å². The van der Waals surface area contributed by atoms with Gasteiger partial charge in [0, 0.05) is 6.42 Å². The van der Waals surface area contributed by atoms with Crippen LogP contribution >= 0.6 is 0 Å². The second kappa shape index (κ2) is 3.56. The fourth-order valence-electron chi connectivity index (χ4n) is 0.672. The molecule has 2 N–H and O–H groups in total. The lowest BCUT2D eigenvalue weighted by atomic mass is 10.0. The molecule has 60 valence electrons. The molecule has 0 rings (SSSR count). The van der Waals surface area contributed by atoms with Crippen LogP contribution in [0.5, 0.6) is 0 Å². The van der Waals surface area contributed by atoms with E-state index >= 15 is 0 Å². The lowest BCUT2D eigenvalue weighted by molar-refractivity contribution is -0.137. The topological polar surface area (TPSA) is 57.5 Å². The molecule has 0 radical (unpaired) electrons. The Balaban J connectivity index is 3.29. The number of carboxylic acid groups (broad SMARTS) is 1. The van der Waals surface area contributed by atoms with Crippen LogP contribution in [0.3, 0.4) is 0 Å². The van der Waals surface area contributed by atoms with Crippen LogP contribution in [0.2, 0.25) is 0 Å². The van der Waals surface area contributed by atoms with Crippen molar-refractivity contribution in [2.45, 2.75) is 38.7 Å². The first-order valence-electron chi connectivity index (χ1n) is 3.36. The van der Waals surface area contributed by atoms with E-state index in [1.807, 2.05) is 0 Å². The molecule has 0 bridgehead atoms. The zero-order valence-electron chi connectivity index (χ0n) is 6.42. The molecule has 0 heterocycles. The van der Waals surface area contributed by atoms with Gasteiger partial charge < -0.3 is 10.2 Å². The van der Waals surface area contributed by atoms with Gasteiger partial charge in [-0.2, -0.15) is 0 Å². The Morgan fingerprint density at radius 3 is 2.30 bits per heavy atom. The van der Waals surface area contributed by atoms with Crippen molar-refractivity contribution in [2.24, 2.45) is 0 Å². The molecule has 0 unspecified atom stereocenters. The third-order valence-corrected chi connectivity index (χ3v) is 1.18. The summed E-state index contributed by atoms with van der Waals surface area (Å²) in [4.78, 5) is 10.0. The summed E-state index contributed by atoms with van der Waals surface area (Å²) < 4.78 is 0. The molecule has 0 aliphatic carbocycles. The van der Waals surface area contributed by atoms with Gasteiger partial charge in [0.1, 0.15) is 0 Å². The largest absolute Gasteiger partial charge is 0.481 e. The van der Waals surface area contributed by atoms with Gasteiger partial charge in [0.05, 0.1) is 5.60 Å². The van der Waals surface area contributed by atoms with Gasteiger partial charge >= 0.3 is 5.97 Å². The number of carboxylic acids is 1. The molecule has 0 aromatic heterocycles. The highest BCUT2D eigenvalue weighted by Gasteiger charge is 2.11. The van der Waals surface area contributed by atoms with Crippen molar-refractivity contribution in [2.75, 3.05) is 0 Å². The summed E-state index contributed by atoms with van der Waals surface area (Å²) in [6.45, 7) is 3.35. The summed E-state index contributed by atoms with van der Waals surface area (Å²) in [5, 5.41) is 17.4. The molecule has 3 heteroatoms. The van der Waals surface area contributed by atoms with Crippen molar-refractivity contribution in [3.8, 4) is 0 Å². The second-order valence-corrected chi connectivity index (χ2v) is 3.06. The minimum absolute atomic E-state index is 0.143. The van der Waals surface area contributed by atoms with Gasteiger partial charge in [-0.25, -0.2) is 0 Å². The average Bonchev–Trinajstić information content (AvgIpc) is 1.59. The summed E-state index contributed by atoms with van der Waals surface area (Å²) in [5.74, 6) is -0.802. The molecule has 0 amide bonds. The number of hydrogen-bond acceptors (Lipinski definition) is 2. The number of aliphatic hydroxyl groups is 1. The number of hydrogen-bond donors (Lipinski definition) is 2. The molecule has 0 atom stereocenters. The minimum Gasteiger partial charge on any atom is -0.481 e. The van der Waals surface area contributed by atoms with Gasteiger partial charge in [-0.1, -0.05) is 0 Å². The van der Waals surface area contributed by atoms with E-state index in [1.54, 1.807) is 13.8 Å². The fourth-order valence-corrected chi connectivity index (χ4v) is 0.672. The summed E-state index contributed by atoms with van der Waals surface area (Å²) in [7, 11) is 0. The maximum Gasteiger partial charge on any atom is 0.303 e. The molecule has 0 fully saturated rings. The summed E-state index contributed by atoms with van der Waals surface area (Å²) in [6.07, 6.45) is 1.22. The van der Waals surface area contributed by atoms with E-state index in [4.69, 9.17) is 10.2 Å². The molecule has 0 spiro atoms. The third-order valence-electron chi connectivity index (χ3n) is 1.18. The van der Waals surface area contributed by atoms with E-state index in [1.165, 1.54) is 0 Å². The average molecular weight is 146 g/mol. The maximum absolute atomic E-state index is 10.0. The van der Waals surface area contributed by atoms with E-state index in [2.05, 4.69) is 0 Å². The van der Waals surface area contributed by atoms with E-state index in [9.17, 15) is 4.79 Å². The second-order valence-electron chi connectivity index (χ2n) is 3.06. The smallest absolute Gasteiger partial charge is 0.303 e. The van der Waals surface area contributed by atoms with E-state index in [0.717, 1.165) is 0 Å². The first kappa shape index (κ1) is 9.43. The van der Waals surface area contributed by atoms with Crippen LogP contribution < -0.4 is 0 Å². The lowest BCUT2D eigenvalue weighted by Crippen LogP contribution is -2.18. The highest BCUT2D eigenvalue weighted by atomic mass is 16.4. The predicted octanol–water partition coefficient (Wildman–Crippen LogP) is 1.01. The molecular weight excluding hydrogens is 132 g/mol. The Morgan fingerprint density at radius 1 is 1.50 bits per heavy atom. The number of carbonyl (C=O) groups is 1. The molecule has 0 aromatic carbocycles. The van der Waals surface area contributed by atoms with Crippen LogP contribution in [0, 0.1) is 0 Å². The standard InChI is InChI=1S/C7H14O3/c1-7(2,10)5-3-4-6(8)9/h10H,3-5H2,1-2H3,(H,8,9). The quantitative estimate of drug-likeness (QED) is 0.622. The minimum atomic E-state index is -0.802. The van der Waals surface area contributed by atoms with E-state index in [0.29, 0.717) is 12.8 Å². The number of rotatable bonds is 4. The molecule has 0 aliphatic rings. The first-order chi connectivity index (χ1) is 4.42. The Morgan fingerprint density at radius 2 is 2.00 bits per heavy atom. The Kier molecular flexibility index (Phi) is 3.36. The van der Waals surface area contributed by atoms with Gasteiger partial charge in [0.2, 0.25) is 0 Å². The monoisotopic (exact) mass is 146 g/mol. The molecule has 0 aliphatic heterocycles. The summed E-state index contributed by atoms with van der Waals surface area (Å²) >= 11 is 0. The zero-order valence-corrected chi connectivity index (χ0v) is 6.42. The zero-order chi connectivity index (χ0) is 8.20. The SMILES string of the molecule is CC(C)(O)CCCC(=O)O. The van der Waals surface area contributed by atoms with Crippen molar-refractivity contribution >= 4 is 5.97 Å². The van der Waals surface area contributed by atoms with Crippen LogP contribution in [-0.4, -0.2) is 21.8 Å². The molecular formula is C7H14O3. The highest BCUT2D eigenvalue weighted by molar-refractivity contribution is 5.66. The fraction of sp³-hybridized carbons (Fsp3) is 0.857. The van der Waals surface area contributed by atoms with Gasteiger partial charge in [-0.15, -0.1) is 0 Å².